The van der Waals surface area contributed by atoms with Crippen molar-refractivity contribution >= 4 is 17.6 Å². The van der Waals surface area contributed by atoms with Crippen LogP contribution in [0.2, 0.25) is 0 Å². The Morgan fingerprint density at radius 3 is 2.75 bits per heavy atom. The van der Waals surface area contributed by atoms with E-state index in [4.69, 9.17) is 0 Å². The SMILES string of the molecule is COC(=O)c1nc(C)cc(N2CCCCC2C(C)=O)n1. The molecule has 0 amide bonds. The van der Waals surface area contributed by atoms with Crippen molar-refractivity contribution in [3.63, 3.8) is 0 Å². The molecule has 1 aliphatic rings. The van der Waals surface area contributed by atoms with Gasteiger partial charge in [-0.1, -0.05) is 0 Å². The van der Waals surface area contributed by atoms with Gasteiger partial charge in [0.05, 0.1) is 13.2 Å². The van der Waals surface area contributed by atoms with Gasteiger partial charge in [0.25, 0.3) is 0 Å². The molecule has 1 atom stereocenters. The maximum absolute atomic E-state index is 11.8. The van der Waals surface area contributed by atoms with E-state index in [2.05, 4.69) is 14.7 Å². The lowest BCUT2D eigenvalue weighted by Gasteiger charge is -2.35. The highest BCUT2D eigenvalue weighted by atomic mass is 16.5. The quantitative estimate of drug-likeness (QED) is 0.780. The van der Waals surface area contributed by atoms with Gasteiger partial charge in [-0.2, -0.15) is 0 Å². The van der Waals surface area contributed by atoms with E-state index in [9.17, 15) is 9.59 Å². The molecule has 1 aliphatic heterocycles. The molecule has 6 heteroatoms. The summed E-state index contributed by atoms with van der Waals surface area (Å²) in [5.74, 6) is 0.222. The number of hydrogen-bond acceptors (Lipinski definition) is 6. The number of ether oxygens (including phenoxy) is 1. The zero-order valence-corrected chi connectivity index (χ0v) is 12.0. The van der Waals surface area contributed by atoms with Gasteiger partial charge in [-0.15, -0.1) is 0 Å². The van der Waals surface area contributed by atoms with Crippen molar-refractivity contribution in [2.45, 2.75) is 39.2 Å². The number of carbonyl (C=O) groups excluding carboxylic acids is 2. The molecule has 0 bridgehead atoms. The first kappa shape index (κ1) is 14.4. The fourth-order valence-corrected chi connectivity index (χ4v) is 2.51. The minimum Gasteiger partial charge on any atom is -0.463 e. The van der Waals surface area contributed by atoms with Crippen molar-refractivity contribution in [2.75, 3.05) is 18.6 Å². The molecule has 20 heavy (non-hydrogen) atoms. The number of aryl methyl sites for hydroxylation is 1. The number of hydrogen-bond donors (Lipinski definition) is 0. The van der Waals surface area contributed by atoms with Gasteiger partial charge in [-0.25, -0.2) is 14.8 Å². The fourth-order valence-electron chi connectivity index (χ4n) is 2.51. The third kappa shape index (κ3) is 2.95. The molecule has 1 unspecified atom stereocenters. The van der Waals surface area contributed by atoms with Gasteiger partial charge in [0.2, 0.25) is 5.82 Å². The molecule has 1 aromatic heterocycles. The summed E-state index contributed by atoms with van der Waals surface area (Å²) in [6.07, 6.45) is 2.88. The van der Waals surface area contributed by atoms with Crippen LogP contribution < -0.4 is 4.90 Å². The van der Waals surface area contributed by atoms with E-state index in [0.717, 1.165) is 25.8 Å². The van der Waals surface area contributed by atoms with E-state index in [1.165, 1.54) is 7.11 Å². The standard InChI is InChI=1S/C14H19N3O3/c1-9-8-12(16-13(15-9)14(19)20-3)17-7-5-4-6-11(17)10(2)18/h8,11H,4-7H2,1-3H3. The molecule has 2 heterocycles. The Morgan fingerprint density at radius 2 is 2.10 bits per heavy atom. The summed E-state index contributed by atoms with van der Waals surface area (Å²) in [7, 11) is 1.30. The Kier molecular flexibility index (Phi) is 4.32. The van der Waals surface area contributed by atoms with Crippen LogP contribution in [-0.2, 0) is 9.53 Å². The first-order valence-corrected chi connectivity index (χ1v) is 6.74. The molecule has 0 radical (unpaired) electrons. The average molecular weight is 277 g/mol. The maximum Gasteiger partial charge on any atom is 0.376 e. The van der Waals surface area contributed by atoms with Crippen LogP contribution in [0.4, 0.5) is 5.82 Å². The number of piperidine rings is 1. The number of anilines is 1. The molecule has 108 valence electrons. The van der Waals surface area contributed by atoms with Crippen LogP contribution in [0.15, 0.2) is 6.07 Å². The van der Waals surface area contributed by atoms with Crippen LogP contribution in [0.5, 0.6) is 0 Å². The van der Waals surface area contributed by atoms with Crippen LogP contribution in [0.3, 0.4) is 0 Å². The highest BCUT2D eigenvalue weighted by Crippen LogP contribution is 2.24. The van der Waals surface area contributed by atoms with Crippen molar-refractivity contribution in [1.29, 1.82) is 0 Å². The first-order valence-electron chi connectivity index (χ1n) is 6.74. The Bertz CT molecular complexity index is 530. The molecule has 0 spiro atoms. The van der Waals surface area contributed by atoms with E-state index in [-0.39, 0.29) is 17.6 Å². The summed E-state index contributed by atoms with van der Waals surface area (Å²) in [5, 5.41) is 0. The molecule has 1 saturated heterocycles. The van der Waals surface area contributed by atoms with Gasteiger partial charge in [0, 0.05) is 18.3 Å². The molecule has 1 fully saturated rings. The van der Waals surface area contributed by atoms with Crippen molar-refractivity contribution in [1.82, 2.24) is 9.97 Å². The topological polar surface area (TPSA) is 72.4 Å². The number of methoxy groups -OCH3 is 1. The van der Waals surface area contributed by atoms with Crippen molar-refractivity contribution in [3.05, 3.63) is 17.6 Å². The van der Waals surface area contributed by atoms with E-state index in [0.29, 0.717) is 11.5 Å². The second-order valence-electron chi connectivity index (χ2n) is 5.00. The fraction of sp³-hybridized carbons (Fsp3) is 0.571. The van der Waals surface area contributed by atoms with Crippen LogP contribution in [0.1, 0.15) is 42.5 Å². The third-order valence-corrected chi connectivity index (χ3v) is 3.47. The molecular formula is C14H19N3O3. The molecule has 2 rings (SSSR count). The summed E-state index contributed by atoms with van der Waals surface area (Å²) < 4.78 is 4.66. The minimum atomic E-state index is -0.564. The van der Waals surface area contributed by atoms with Gasteiger partial charge >= 0.3 is 5.97 Å². The van der Waals surface area contributed by atoms with Crippen molar-refractivity contribution in [2.24, 2.45) is 0 Å². The lowest BCUT2D eigenvalue weighted by molar-refractivity contribution is -0.118. The van der Waals surface area contributed by atoms with Crippen LogP contribution in [0, 0.1) is 6.92 Å². The first-order chi connectivity index (χ1) is 9.52. The zero-order chi connectivity index (χ0) is 14.7. The molecule has 0 aliphatic carbocycles. The number of ketones is 1. The number of Topliss-reactive ketones (excluding diaryl/α,β-unsaturated/α-hetero) is 1. The zero-order valence-electron chi connectivity index (χ0n) is 12.0. The largest absolute Gasteiger partial charge is 0.463 e. The number of aromatic nitrogens is 2. The number of carbonyl (C=O) groups is 2. The summed E-state index contributed by atoms with van der Waals surface area (Å²) in [6.45, 7) is 4.16. The van der Waals surface area contributed by atoms with E-state index in [1.54, 1.807) is 19.9 Å². The van der Waals surface area contributed by atoms with E-state index >= 15 is 0 Å². The lowest BCUT2D eigenvalue weighted by atomic mass is 9.99. The number of esters is 1. The van der Waals surface area contributed by atoms with E-state index < -0.39 is 5.97 Å². The van der Waals surface area contributed by atoms with Gasteiger partial charge in [-0.3, -0.25) is 4.79 Å². The predicted molar refractivity (Wildman–Crippen MR) is 73.8 cm³/mol. The number of rotatable bonds is 3. The highest BCUT2D eigenvalue weighted by Gasteiger charge is 2.28. The molecule has 0 saturated carbocycles. The van der Waals surface area contributed by atoms with Gasteiger partial charge in [0.1, 0.15) is 5.82 Å². The predicted octanol–water partition coefficient (Wildman–Crippen LogP) is 1.52. The Labute approximate surface area is 118 Å². The van der Waals surface area contributed by atoms with Crippen LogP contribution >= 0.6 is 0 Å². The second-order valence-corrected chi connectivity index (χ2v) is 5.00. The maximum atomic E-state index is 11.8. The summed E-state index contributed by atoms with van der Waals surface area (Å²) in [6, 6.07) is 1.64. The molecule has 1 aromatic rings. The average Bonchev–Trinajstić information content (AvgIpc) is 2.45. The van der Waals surface area contributed by atoms with E-state index in [1.807, 2.05) is 4.90 Å². The van der Waals surface area contributed by atoms with Crippen LogP contribution in [-0.4, -0.2) is 41.4 Å². The summed E-state index contributed by atoms with van der Waals surface area (Å²) >= 11 is 0. The Morgan fingerprint density at radius 1 is 1.35 bits per heavy atom. The molecular weight excluding hydrogens is 258 g/mol. The number of nitrogens with zero attached hydrogens (tertiary/aromatic N) is 3. The molecule has 0 N–H and O–H groups in total. The van der Waals surface area contributed by atoms with Gasteiger partial charge in [0.15, 0.2) is 5.78 Å². The van der Waals surface area contributed by atoms with Crippen molar-refractivity contribution < 1.29 is 14.3 Å². The Balaban J connectivity index is 2.37. The minimum absolute atomic E-state index is 0.0374. The summed E-state index contributed by atoms with van der Waals surface area (Å²) in [4.78, 5) is 33.6. The summed E-state index contributed by atoms with van der Waals surface area (Å²) in [5.41, 5.74) is 0.684. The normalized spacial score (nSPS) is 18.8. The lowest BCUT2D eigenvalue weighted by Crippen LogP contribution is -2.44. The van der Waals surface area contributed by atoms with Crippen LogP contribution in [0.25, 0.3) is 0 Å². The second kappa shape index (κ2) is 5.98. The monoisotopic (exact) mass is 277 g/mol. The highest BCUT2D eigenvalue weighted by molar-refractivity contribution is 5.87. The third-order valence-electron chi connectivity index (χ3n) is 3.47. The molecule has 6 nitrogen and oxygen atoms in total. The van der Waals surface area contributed by atoms with Gasteiger partial charge in [-0.05, 0) is 33.1 Å². The van der Waals surface area contributed by atoms with Crippen molar-refractivity contribution in [3.8, 4) is 0 Å². The smallest absolute Gasteiger partial charge is 0.376 e. The van der Waals surface area contributed by atoms with Gasteiger partial charge < -0.3 is 9.64 Å². The Hall–Kier alpha value is -1.98. The molecule has 0 aromatic carbocycles.